The van der Waals surface area contributed by atoms with Gasteiger partial charge in [-0.1, -0.05) is 42.5 Å². The lowest BCUT2D eigenvalue weighted by Gasteiger charge is -2.11. The Labute approximate surface area is 201 Å². The number of carbonyl (C=O) groups excluding carboxylic acids is 1. The average molecular weight is 462 g/mol. The molecule has 0 aliphatic heterocycles. The molecule has 3 aromatic rings. The van der Waals surface area contributed by atoms with Crippen LogP contribution in [0.1, 0.15) is 23.1 Å². The van der Waals surface area contributed by atoms with Gasteiger partial charge in [-0.15, -0.1) is 0 Å². The number of ether oxygens (including phenoxy) is 4. The van der Waals surface area contributed by atoms with Crippen molar-refractivity contribution in [3.8, 4) is 17.2 Å². The zero-order valence-corrected chi connectivity index (χ0v) is 19.9. The average Bonchev–Trinajstić information content (AvgIpc) is 2.89. The van der Waals surface area contributed by atoms with Crippen LogP contribution in [0.15, 0.2) is 72.8 Å². The molecule has 178 valence electrons. The van der Waals surface area contributed by atoms with Gasteiger partial charge < -0.3 is 24.3 Å². The van der Waals surface area contributed by atoms with Crippen LogP contribution >= 0.6 is 0 Å². The van der Waals surface area contributed by atoms with Gasteiger partial charge in [0.05, 0.1) is 33.5 Å². The molecule has 3 aromatic carbocycles. The first kappa shape index (κ1) is 24.9. The quantitative estimate of drug-likeness (QED) is 0.178. The minimum atomic E-state index is -0.431. The molecule has 3 rings (SSSR count). The third-order valence-corrected chi connectivity index (χ3v) is 5.19. The van der Waals surface area contributed by atoms with Gasteiger partial charge in [-0.25, -0.2) is 4.79 Å². The van der Waals surface area contributed by atoms with Crippen LogP contribution < -0.4 is 19.5 Å². The third-order valence-electron chi connectivity index (χ3n) is 5.19. The summed E-state index contributed by atoms with van der Waals surface area (Å²) in [5, 5.41) is 3.41. The molecule has 0 saturated carbocycles. The van der Waals surface area contributed by atoms with Gasteiger partial charge >= 0.3 is 5.97 Å². The summed E-state index contributed by atoms with van der Waals surface area (Å²) in [5.41, 5.74) is 3.18. The number of rotatable bonds is 12. The summed E-state index contributed by atoms with van der Waals surface area (Å²) >= 11 is 0. The number of benzene rings is 3. The van der Waals surface area contributed by atoms with Crippen molar-refractivity contribution in [1.29, 1.82) is 0 Å². The molecule has 0 atom stereocenters. The van der Waals surface area contributed by atoms with Crippen LogP contribution in [0.4, 0.5) is 0 Å². The molecule has 0 unspecified atom stereocenters. The van der Waals surface area contributed by atoms with Gasteiger partial charge in [-0.05, 0) is 60.0 Å². The van der Waals surface area contributed by atoms with Crippen LogP contribution in [0, 0.1) is 0 Å². The van der Waals surface area contributed by atoms with E-state index in [0.717, 1.165) is 36.4 Å². The lowest BCUT2D eigenvalue weighted by Crippen LogP contribution is -2.16. The topological polar surface area (TPSA) is 66.0 Å². The maximum Gasteiger partial charge on any atom is 0.338 e. The summed E-state index contributed by atoms with van der Waals surface area (Å²) in [6.07, 6.45) is 2.64. The van der Waals surface area contributed by atoms with Gasteiger partial charge in [0.1, 0.15) is 17.2 Å². The summed E-state index contributed by atoms with van der Waals surface area (Å²) in [4.78, 5) is 12.5. The van der Waals surface area contributed by atoms with Gasteiger partial charge in [0, 0.05) is 12.6 Å². The number of carbonyl (C=O) groups is 1. The first-order valence-corrected chi connectivity index (χ1v) is 11.1. The summed E-state index contributed by atoms with van der Waals surface area (Å²) < 4.78 is 21.5. The van der Waals surface area contributed by atoms with Crippen molar-refractivity contribution in [3.05, 3.63) is 89.5 Å². The molecule has 0 aliphatic rings. The highest BCUT2D eigenvalue weighted by molar-refractivity contribution is 6.21. The van der Waals surface area contributed by atoms with E-state index >= 15 is 0 Å². The maximum absolute atomic E-state index is 12.5. The minimum Gasteiger partial charge on any atom is -0.497 e. The van der Waals surface area contributed by atoms with Crippen molar-refractivity contribution in [2.24, 2.45) is 0 Å². The second-order valence-corrected chi connectivity index (χ2v) is 7.58. The Morgan fingerprint density at radius 2 is 1.53 bits per heavy atom. The molecule has 0 fully saturated rings. The summed E-state index contributed by atoms with van der Waals surface area (Å²) in [5.74, 6) is 1.59. The largest absolute Gasteiger partial charge is 0.497 e. The monoisotopic (exact) mass is 461 g/mol. The molecule has 0 saturated heterocycles. The molecule has 0 heterocycles. The molecule has 0 radical (unpaired) electrons. The fraction of sp³-hybridized carbons (Fsp3) is 0.250. The van der Waals surface area contributed by atoms with Crippen molar-refractivity contribution in [1.82, 2.24) is 5.32 Å². The zero-order chi connectivity index (χ0) is 24.2. The fourth-order valence-electron chi connectivity index (χ4n) is 3.40. The summed E-state index contributed by atoms with van der Waals surface area (Å²) in [6, 6.07) is 23.2. The van der Waals surface area contributed by atoms with E-state index in [-0.39, 0.29) is 0 Å². The van der Waals surface area contributed by atoms with Gasteiger partial charge in [0.25, 0.3) is 0 Å². The van der Waals surface area contributed by atoms with Gasteiger partial charge in [0.2, 0.25) is 0 Å². The number of nitrogens with one attached hydrogen (secondary N) is 1. The second-order valence-electron chi connectivity index (χ2n) is 7.58. The number of hydrogen-bond donors (Lipinski definition) is 1. The second kappa shape index (κ2) is 13.1. The Morgan fingerprint density at radius 3 is 2.15 bits per heavy atom. The highest BCUT2D eigenvalue weighted by Gasteiger charge is 2.14. The van der Waals surface area contributed by atoms with E-state index in [1.165, 1.54) is 12.7 Å². The lowest BCUT2D eigenvalue weighted by molar-refractivity contribution is -0.133. The Morgan fingerprint density at radius 1 is 0.853 bits per heavy atom. The molecule has 34 heavy (non-hydrogen) atoms. The first-order chi connectivity index (χ1) is 16.6. The van der Waals surface area contributed by atoms with Crippen LogP contribution in [-0.4, -0.2) is 40.5 Å². The van der Waals surface area contributed by atoms with Crippen LogP contribution in [-0.2, 0) is 16.1 Å². The minimum absolute atomic E-state index is 0.425. The maximum atomic E-state index is 12.5. The van der Waals surface area contributed by atoms with Crippen LogP contribution in [0.2, 0.25) is 0 Å². The highest BCUT2D eigenvalue weighted by Crippen LogP contribution is 2.27. The van der Waals surface area contributed by atoms with Gasteiger partial charge in [-0.3, -0.25) is 0 Å². The van der Waals surface area contributed by atoms with E-state index in [9.17, 15) is 4.79 Å². The molecule has 6 heteroatoms. The van der Waals surface area contributed by atoms with E-state index in [1.807, 2.05) is 54.6 Å². The van der Waals surface area contributed by atoms with Crippen LogP contribution in [0.3, 0.4) is 0 Å². The Kier molecular flexibility index (Phi) is 9.55. The van der Waals surface area contributed by atoms with Crippen molar-refractivity contribution in [3.63, 3.8) is 0 Å². The normalized spacial score (nSPS) is 11.1. The fourth-order valence-corrected chi connectivity index (χ4v) is 3.40. The lowest BCUT2D eigenvalue weighted by atomic mass is 10.0. The van der Waals surface area contributed by atoms with Crippen molar-refractivity contribution in [2.45, 2.75) is 13.0 Å². The molecular weight excluding hydrogens is 430 g/mol. The summed E-state index contributed by atoms with van der Waals surface area (Å²) in [6.45, 7) is 2.31. The standard InChI is InChI=1S/C28H31NO5/c1-31-25-16-22(17-26(19-25)32-2)18-27(28(30)33-3)23-10-12-24(13-11-23)34-15-7-14-29-20-21-8-5-4-6-9-21/h4-6,8-13,16-19,29H,7,14-15,20H2,1-3H3. The zero-order valence-electron chi connectivity index (χ0n) is 19.9. The molecule has 0 aromatic heterocycles. The predicted molar refractivity (Wildman–Crippen MR) is 134 cm³/mol. The SMILES string of the molecule is COC(=O)C(=Cc1cc(OC)cc(OC)c1)c1ccc(OCCCNCc2ccccc2)cc1. The van der Waals surface area contributed by atoms with E-state index in [2.05, 4.69) is 17.4 Å². The summed E-state index contributed by atoms with van der Waals surface area (Å²) in [7, 11) is 4.54. The third kappa shape index (κ3) is 7.39. The van der Waals surface area contributed by atoms with E-state index in [4.69, 9.17) is 18.9 Å². The molecular formula is C28H31NO5. The first-order valence-electron chi connectivity index (χ1n) is 11.1. The van der Waals surface area contributed by atoms with Crippen molar-refractivity contribution >= 4 is 17.6 Å². The number of methoxy groups -OCH3 is 3. The van der Waals surface area contributed by atoms with Crippen LogP contribution in [0.5, 0.6) is 17.2 Å². The highest BCUT2D eigenvalue weighted by atomic mass is 16.5. The van der Waals surface area contributed by atoms with E-state index in [0.29, 0.717) is 23.7 Å². The van der Waals surface area contributed by atoms with E-state index < -0.39 is 5.97 Å². The van der Waals surface area contributed by atoms with Crippen molar-refractivity contribution in [2.75, 3.05) is 34.5 Å². The van der Waals surface area contributed by atoms with E-state index in [1.54, 1.807) is 26.4 Å². The molecule has 0 aliphatic carbocycles. The Bertz CT molecular complexity index is 1060. The molecule has 1 N–H and O–H groups in total. The van der Waals surface area contributed by atoms with Gasteiger partial charge in [-0.2, -0.15) is 0 Å². The number of esters is 1. The number of hydrogen-bond acceptors (Lipinski definition) is 6. The van der Waals surface area contributed by atoms with Gasteiger partial charge in [0.15, 0.2) is 0 Å². The Balaban J connectivity index is 1.60. The molecule has 0 amide bonds. The van der Waals surface area contributed by atoms with Crippen LogP contribution in [0.25, 0.3) is 11.6 Å². The molecule has 0 spiro atoms. The van der Waals surface area contributed by atoms with Crippen molar-refractivity contribution < 1.29 is 23.7 Å². The Hall–Kier alpha value is -3.77. The smallest absolute Gasteiger partial charge is 0.338 e. The molecule has 6 nitrogen and oxygen atoms in total. The predicted octanol–water partition coefficient (Wildman–Crippen LogP) is 4.98. The molecule has 0 bridgehead atoms.